The van der Waals surface area contributed by atoms with Gasteiger partial charge >= 0.3 is 0 Å². The van der Waals surface area contributed by atoms with Crippen LogP contribution in [0.2, 0.25) is 0 Å². The van der Waals surface area contributed by atoms with Crippen LogP contribution in [0.4, 0.5) is 0 Å². The summed E-state index contributed by atoms with van der Waals surface area (Å²) in [5.41, 5.74) is 7.81. The number of hydrogen-bond donors (Lipinski definition) is 0. The van der Waals surface area contributed by atoms with Crippen molar-refractivity contribution in [3.63, 3.8) is 0 Å². The Morgan fingerprint density at radius 2 is 0.905 bits per heavy atom. The molecule has 3 aromatic carbocycles. The van der Waals surface area contributed by atoms with Crippen molar-refractivity contribution in [2.24, 2.45) is 0 Å². The SMILES string of the molecule is Cc1ccccc1-c1cccc(-c2ccccc2C)c1P. The van der Waals surface area contributed by atoms with Crippen molar-refractivity contribution in [2.75, 3.05) is 0 Å². The van der Waals surface area contributed by atoms with Crippen molar-refractivity contribution in [1.29, 1.82) is 0 Å². The largest absolute Gasteiger partial charge is 0.104 e. The first-order valence-electron chi connectivity index (χ1n) is 7.19. The van der Waals surface area contributed by atoms with Gasteiger partial charge in [0.1, 0.15) is 0 Å². The highest BCUT2D eigenvalue weighted by atomic mass is 31.0. The highest BCUT2D eigenvalue weighted by Crippen LogP contribution is 2.29. The third kappa shape index (κ3) is 2.64. The molecule has 3 aromatic rings. The van der Waals surface area contributed by atoms with E-state index in [2.05, 4.69) is 89.8 Å². The lowest BCUT2D eigenvalue weighted by Crippen LogP contribution is -2.03. The van der Waals surface area contributed by atoms with E-state index in [1.807, 2.05) is 0 Å². The molecule has 1 atom stereocenters. The zero-order valence-electron chi connectivity index (χ0n) is 12.4. The fourth-order valence-electron chi connectivity index (χ4n) is 2.79. The standard InChI is InChI=1S/C20H19P/c1-14-8-3-5-10-16(14)18-12-7-13-19(20(18)21)17-11-6-4-9-15(17)2/h3-13H,21H2,1-2H3. The molecule has 0 fully saturated rings. The normalized spacial score (nSPS) is 10.6. The molecule has 0 nitrogen and oxygen atoms in total. The van der Waals surface area contributed by atoms with Gasteiger partial charge in [-0.05, 0) is 52.5 Å². The van der Waals surface area contributed by atoms with Crippen LogP contribution in [0.3, 0.4) is 0 Å². The van der Waals surface area contributed by atoms with E-state index in [0.29, 0.717) is 0 Å². The number of rotatable bonds is 2. The highest BCUT2D eigenvalue weighted by Gasteiger charge is 2.10. The smallest absolute Gasteiger partial charge is 0.0103 e. The first-order chi connectivity index (χ1) is 10.2. The van der Waals surface area contributed by atoms with Crippen LogP contribution in [0.15, 0.2) is 66.7 Å². The zero-order chi connectivity index (χ0) is 14.8. The Hall–Kier alpha value is -1.91. The van der Waals surface area contributed by atoms with Gasteiger partial charge in [-0.3, -0.25) is 0 Å². The van der Waals surface area contributed by atoms with Crippen LogP contribution in [-0.2, 0) is 0 Å². The summed E-state index contributed by atoms with van der Waals surface area (Å²) >= 11 is 0. The van der Waals surface area contributed by atoms with Gasteiger partial charge in [-0.25, -0.2) is 0 Å². The summed E-state index contributed by atoms with van der Waals surface area (Å²) in [5, 5.41) is 1.26. The van der Waals surface area contributed by atoms with Crippen LogP contribution in [-0.4, -0.2) is 0 Å². The molecular formula is C20H19P. The predicted molar refractivity (Wildman–Crippen MR) is 96.1 cm³/mol. The third-order valence-electron chi connectivity index (χ3n) is 3.98. The second-order valence-corrected chi connectivity index (χ2v) is 5.97. The average Bonchev–Trinajstić information content (AvgIpc) is 2.49. The Kier molecular flexibility index (Phi) is 3.90. The topological polar surface area (TPSA) is 0 Å². The number of aryl methyl sites for hydroxylation is 2. The van der Waals surface area contributed by atoms with Gasteiger partial charge in [0.15, 0.2) is 0 Å². The molecule has 3 rings (SSSR count). The van der Waals surface area contributed by atoms with Crippen LogP contribution in [0.1, 0.15) is 11.1 Å². The summed E-state index contributed by atoms with van der Waals surface area (Å²) in [6.07, 6.45) is 0. The van der Waals surface area contributed by atoms with E-state index >= 15 is 0 Å². The van der Waals surface area contributed by atoms with Gasteiger partial charge in [-0.1, -0.05) is 66.7 Å². The Labute approximate surface area is 129 Å². The lowest BCUT2D eigenvalue weighted by molar-refractivity contribution is 1.45. The lowest BCUT2D eigenvalue weighted by atomic mass is 9.94. The van der Waals surface area contributed by atoms with Crippen molar-refractivity contribution in [3.05, 3.63) is 77.9 Å². The van der Waals surface area contributed by atoms with E-state index in [9.17, 15) is 0 Å². The van der Waals surface area contributed by atoms with Gasteiger partial charge in [0.2, 0.25) is 0 Å². The van der Waals surface area contributed by atoms with Crippen molar-refractivity contribution < 1.29 is 0 Å². The van der Waals surface area contributed by atoms with E-state index in [4.69, 9.17) is 0 Å². The highest BCUT2D eigenvalue weighted by molar-refractivity contribution is 7.28. The Morgan fingerprint density at radius 1 is 0.524 bits per heavy atom. The van der Waals surface area contributed by atoms with Crippen molar-refractivity contribution in [3.8, 4) is 22.3 Å². The molecule has 0 saturated carbocycles. The van der Waals surface area contributed by atoms with Gasteiger partial charge in [0.25, 0.3) is 0 Å². The maximum atomic E-state index is 2.94. The van der Waals surface area contributed by atoms with E-state index < -0.39 is 0 Å². The van der Waals surface area contributed by atoms with Crippen LogP contribution < -0.4 is 5.30 Å². The second kappa shape index (κ2) is 5.84. The van der Waals surface area contributed by atoms with Gasteiger partial charge in [0.05, 0.1) is 0 Å². The minimum absolute atomic E-state index is 1.26. The summed E-state index contributed by atoms with van der Waals surface area (Å²) in [4.78, 5) is 0. The lowest BCUT2D eigenvalue weighted by Gasteiger charge is -2.15. The molecule has 0 aliphatic heterocycles. The number of benzene rings is 3. The summed E-state index contributed by atoms with van der Waals surface area (Å²) in [5.74, 6) is 0. The van der Waals surface area contributed by atoms with Crippen molar-refractivity contribution in [2.45, 2.75) is 13.8 Å². The first kappa shape index (κ1) is 14.0. The average molecular weight is 290 g/mol. The molecule has 0 radical (unpaired) electrons. The van der Waals surface area contributed by atoms with E-state index in [-0.39, 0.29) is 0 Å². The summed E-state index contributed by atoms with van der Waals surface area (Å²) in [7, 11) is 2.94. The monoisotopic (exact) mass is 290 g/mol. The fraction of sp³-hybridized carbons (Fsp3) is 0.100. The van der Waals surface area contributed by atoms with Gasteiger partial charge in [0, 0.05) is 0 Å². The third-order valence-corrected chi connectivity index (χ3v) is 4.60. The molecule has 21 heavy (non-hydrogen) atoms. The maximum absolute atomic E-state index is 2.94. The van der Waals surface area contributed by atoms with Gasteiger partial charge in [-0.15, -0.1) is 9.24 Å². The zero-order valence-corrected chi connectivity index (χ0v) is 13.6. The van der Waals surface area contributed by atoms with Crippen molar-refractivity contribution in [1.82, 2.24) is 0 Å². The minimum atomic E-state index is 1.26. The van der Waals surface area contributed by atoms with Crippen LogP contribution in [0.25, 0.3) is 22.3 Å². The molecule has 0 aliphatic rings. The van der Waals surface area contributed by atoms with E-state index in [0.717, 1.165) is 0 Å². The molecule has 1 unspecified atom stereocenters. The van der Waals surface area contributed by atoms with Gasteiger partial charge in [-0.2, -0.15) is 0 Å². The van der Waals surface area contributed by atoms with Crippen LogP contribution >= 0.6 is 9.24 Å². The Balaban J connectivity index is 2.21. The Bertz CT molecular complexity index is 724. The number of hydrogen-bond acceptors (Lipinski definition) is 0. The van der Waals surface area contributed by atoms with E-state index in [1.165, 1.54) is 38.7 Å². The molecular weight excluding hydrogens is 271 g/mol. The fourth-order valence-corrected chi connectivity index (χ4v) is 3.29. The molecule has 0 heterocycles. The molecule has 0 aliphatic carbocycles. The van der Waals surface area contributed by atoms with Crippen molar-refractivity contribution >= 4 is 14.5 Å². The summed E-state index contributed by atoms with van der Waals surface area (Å²) in [6.45, 7) is 4.33. The molecule has 0 amide bonds. The molecule has 104 valence electrons. The molecule has 0 saturated heterocycles. The minimum Gasteiger partial charge on any atom is -0.104 e. The second-order valence-electron chi connectivity index (χ2n) is 5.40. The van der Waals surface area contributed by atoms with Crippen LogP contribution in [0.5, 0.6) is 0 Å². The molecule has 0 N–H and O–H groups in total. The maximum Gasteiger partial charge on any atom is -0.0103 e. The summed E-state index contributed by atoms with van der Waals surface area (Å²) < 4.78 is 0. The molecule has 0 spiro atoms. The summed E-state index contributed by atoms with van der Waals surface area (Å²) in [6, 6.07) is 23.7. The molecule has 0 bridgehead atoms. The van der Waals surface area contributed by atoms with Crippen LogP contribution in [0, 0.1) is 13.8 Å². The molecule has 0 aromatic heterocycles. The van der Waals surface area contributed by atoms with Gasteiger partial charge < -0.3 is 0 Å². The van der Waals surface area contributed by atoms with E-state index in [1.54, 1.807) is 0 Å². The first-order valence-corrected chi connectivity index (χ1v) is 7.76. The quantitative estimate of drug-likeness (QED) is 0.573. The molecule has 1 heteroatoms. The predicted octanol–water partition coefficient (Wildman–Crippen LogP) is 5.14. The Morgan fingerprint density at radius 3 is 1.33 bits per heavy atom.